The van der Waals surface area contributed by atoms with Gasteiger partial charge in [0.2, 0.25) is 5.91 Å². The fourth-order valence-corrected chi connectivity index (χ4v) is 3.04. The summed E-state index contributed by atoms with van der Waals surface area (Å²) in [6.07, 6.45) is 6.22. The van der Waals surface area contributed by atoms with Gasteiger partial charge in [0.15, 0.2) is 0 Å². The number of hydrogen-bond donors (Lipinski definition) is 2. The molecule has 0 radical (unpaired) electrons. The largest absolute Gasteiger partial charge is 0.368 e. The van der Waals surface area contributed by atoms with Crippen molar-refractivity contribution in [3.05, 3.63) is 41.5 Å². The van der Waals surface area contributed by atoms with E-state index in [1.807, 2.05) is 0 Å². The van der Waals surface area contributed by atoms with Crippen molar-refractivity contribution in [2.75, 3.05) is 6.54 Å². The van der Waals surface area contributed by atoms with Gasteiger partial charge in [0.25, 0.3) is 0 Å². The maximum Gasteiger partial charge on any atom is 0.234 e. The third-order valence-electron chi connectivity index (χ3n) is 3.95. The van der Waals surface area contributed by atoms with E-state index in [1.165, 1.54) is 11.1 Å². The normalized spacial score (nSPS) is 30.5. The number of allylic oxidation sites excluding steroid dienone is 1. The fraction of sp³-hybridized carbons (Fsp3) is 0.357. The zero-order chi connectivity index (χ0) is 11.9. The Labute approximate surface area is 101 Å². The first kappa shape index (κ1) is 10.5. The summed E-state index contributed by atoms with van der Waals surface area (Å²) in [4.78, 5) is 11.3. The lowest BCUT2D eigenvalue weighted by Gasteiger charge is -2.37. The van der Waals surface area contributed by atoms with Crippen LogP contribution in [0.15, 0.2) is 30.3 Å². The van der Waals surface area contributed by atoms with Crippen molar-refractivity contribution in [1.82, 2.24) is 5.32 Å². The van der Waals surface area contributed by atoms with Gasteiger partial charge in [-0.1, -0.05) is 36.4 Å². The van der Waals surface area contributed by atoms with Crippen molar-refractivity contribution < 1.29 is 4.79 Å². The van der Waals surface area contributed by atoms with Crippen LogP contribution >= 0.6 is 0 Å². The number of rotatable bonds is 1. The molecule has 3 nitrogen and oxygen atoms in total. The van der Waals surface area contributed by atoms with Crippen molar-refractivity contribution in [3.63, 3.8) is 0 Å². The monoisotopic (exact) mass is 228 g/mol. The topological polar surface area (TPSA) is 55.1 Å². The summed E-state index contributed by atoms with van der Waals surface area (Å²) in [6.45, 7) is 0.840. The van der Waals surface area contributed by atoms with Gasteiger partial charge in [-0.05, 0) is 30.5 Å². The molecule has 0 bridgehead atoms. The van der Waals surface area contributed by atoms with Gasteiger partial charge in [-0.2, -0.15) is 0 Å². The number of hydrogen-bond acceptors (Lipinski definition) is 2. The first-order valence-corrected chi connectivity index (χ1v) is 6.03. The molecule has 1 fully saturated rings. The van der Waals surface area contributed by atoms with E-state index in [4.69, 9.17) is 5.73 Å². The molecule has 2 atom stereocenters. The van der Waals surface area contributed by atoms with Crippen molar-refractivity contribution in [1.29, 1.82) is 0 Å². The minimum Gasteiger partial charge on any atom is -0.368 e. The third-order valence-corrected chi connectivity index (χ3v) is 3.95. The van der Waals surface area contributed by atoms with E-state index in [-0.39, 0.29) is 17.4 Å². The molecular formula is C14H16N2O. The first-order chi connectivity index (χ1) is 8.21. The summed E-state index contributed by atoms with van der Waals surface area (Å²) in [5.74, 6) is -0.248. The Morgan fingerprint density at radius 1 is 1.41 bits per heavy atom. The first-order valence-electron chi connectivity index (χ1n) is 6.03. The van der Waals surface area contributed by atoms with Gasteiger partial charge in [-0.15, -0.1) is 0 Å². The number of piperidine rings is 1. The highest BCUT2D eigenvalue weighted by Gasteiger charge is 2.40. The summed E-state index contributed by atoms with van der Waals surface area (Å²) in [6, 6.07) is 8.20. The van der Waals surface area contributed by atoms with E-state index in [2.05, 4.69) is 41.7 Å². The smallest absolute Gasteiger partial charge is 0.234 e. The average molecular weight is 228 g/mol. The molecule has 1 spiro atoms. The van der Waals surface area contributed by atoms with Crippen LogP contribution in [0.25, 0.3) is 6.08 Å². The highest BCUT2D eigenvalue weighted by Crippen LogP contribution is 2.43. The van der Waals surface area contributed by atoms with Gasteiger partial charge in [0.05, 0.1) is 6.04 Å². The van der Waals surface area contributed by atoms with Crippen molar-refractivity contribution >= 4 is 12.0 Å². The molecule has 1 saturated heterocycles. The minimum atomic E-state index is -0.248. The Bertz CT molecular complexity index is 495. The standard InChI is InChI=1S/C14H16N2O/c15-13(17)12-9-14(7-8-16-12)6-5-10-3-1-2-4-11(10)14/h1-6,12,16H,7-9H2,(H2,15,17). The molecule has 1 aliphatic heterocycles. The molecule has 1 heterocycles. The maximum absolute atomic E-state index is 11.3. The van der Waals surface area contributed by atoms with Crippen LogP contribution in [0, 0.1) is 0 Å². The number of carbonyl (C=O) groups is 1. The van der Waals surface area contributed by atoms with Gasteiger partial charge in [-0.3, -0.25) is 4.79 Å². The molecule has 1 aromatic rings. The molecule has 3 heteroatoms. The number of amides is 1. The lowest BCUT2D eigenvalue weighted by Crippen LogP contribution is -2.51. The lowest BCUT2D eigenvalue weighted by atomic mass is 9.72. The Balaban J connectivity index is 1.98. The van der Waals surface area contributed by atoms with Crippen LogP contribution in [0.3, 0.4) is 0 Å². The molecule has 0 aromatic heterocycles. The highest BCUT2D eigenvalue weighted by atomic mass is 16.1. The fourth-order valence-electron chi connectivity index (χ4n) is 3.04. The van der Waals surface area contributed by atoms with Crippen molar-refractivity contribution in [3.8, 4) is 0 Å². The highest BCUT2D eigenvalue weighted by molar-refractivity contribution is 5.80. The van der Waals surface area contributed by atoms with Crippen LogP contribution in [0.5, 0.6) is 0 Å². The number of carbonyl (C=O) groups excluding carboxylic acids is 1. The molecule has 3 rings (SSSR count). The predicted octanol–water partition coefficient (Wildman–Crippen LogP) is 1.19. The second-order valence-corrected chi connectivity index (χ2v) is 4.94. The van der Waals surface area contributed by atoms with Crippen molar-refractivity contribution in [2.24, 2.45) is 5.73 Å². The van der Waals surface area contributed by atoms with Crippen LogP contribution in [0.1, 0.15) is 24.0 Å². The van der Waals surface area contributed by atoms with Gasteiger partial charge >= 0.3 is 0 Å². The van der Waals surface area contributed by atoms with E-state index < -0.39 is 0 Å². The Morgan fingerprint density at radius 3 is 3.06 bits per heavy atom. The van der Waals surface area contributed by atoms with Crippen LogP contribution in [-0.4, -0.2) is 18.5 Å². The quantitative estimate of drug-likeness (QED) is 0.758. The van der Waals surface area contributed by atoms with Crippen molar-refractivity contribution in [2.45, 2.75) is 24.3 Å². The van der Waals surface area contributed by atoms with Gasteiger partial charge < -0.3 is 11.1 Å². The molecule has 1 amide bonds. The van der Waals surface area contributed by atoms with Gasteiger partial charge in [-0.25, -0.2) is 0 Å². The molecule has 1 aliphatic carbocycles. The van der Waals surface area contributed by atoms with Crippen LogP contribution in [-0.2, 0) is 10.2 Å². The summed E-state index contributed by atoms with van der Waals surface area (Å²) in [5, 5.41) is 3.19. The summed E-state index contributed by atoms with van der Waals surface area (Å²) < 4.78 is 0. The summed E-state index contributed by atoms with van der Waals surface area (Å²) >= 11 is 0. The lowest BCUT2D eigenvalue weighted by molar-refractivity contribution is -0.120. The van der Waals surface area contributed by atoms with E-state index in [9.17, 15) is 4.79 Å². The van der Waals surface area contributed by atoms with E-state index >= 15 is 0 Å². The second-order valence-electron chi connectivity index (χ2n) is 4.94. The summed E-state index contributed by atoms with van der Waals surface area (Å²) in [7, 11) is 0. The maximum atomic E-state index is 11.3. The third kappa shape index (κ3) is 1.58. The van der Waals surface area contributed by atoms with Gasteiger partial charge in [0.1, 0.15) is 0 Å². The molecule has 17 heavy (non-hydrogen) atoms. The Morgan fingerprint density at radius 2 is 2.24 bits per heavy atom. The molecule has 88 valence electrons. The average Bonchev–Trinajstić information content (AvgIpc) is 2.69. The molecular weight excluding hydrogens is 212 g/mol. The molecule has 1 aromatic carbocycles. The number of primary amides is 1. The second kappa shape index (κ2) is 3.70. The Kier molecular flexibility index (Phi) is 2.30. The minimum absolute atomic E-state index is 0.0154. The zero-order valence-corrected chi connectivity index (χ0v) is 9.65. The predicted molar refractivity (Wildman–Crippen MR) is 67.4 cm³/mol. The molecule has 0 saturated carbocycles. The number of fused-ring (bicyclic) bond motifs is 2. The number of nitrogens with one attached hydrogen (secondary N) is 1. The van der Waals surface area contributed by atoms with Crippen LogP contribution in [0.4, 0.5) is 0 Å². The zero-order valence-electron chi connectivity index (χ0n) is 9.65. The number of nitrogens with two attached hydrogens (primary N) is 1. The number of benzene rings is 1. The molecule has 2 aliphatic rings. The molecule has 2 unspecified atom stereocenters. The van der Waals surface area contributed by atoms with E-state index in [0.29, 0.717) is 0 Å². The van der Waals surface area contributed by atoms with Crippen LogP contribution < -0.4 is 11.1 Å². The van der Waals surface area contributed by atoms with E-state index in [1.54, 1.807) is 0 Å². The van der Waals surface area contributed by atoms with E-state index in [0.717, 1.165) is 19.4 Å². The van der Waals surface area contributed by atoms with Crippen LogP contribution in [0.2, 0.25) is 0 Å². The Hall–Kier alpha value is -1.61. The van der Waals surface area contributed by atoms with Gasteiger partial charge in [0, 0.05) is 5.41 Å². The SMILES string of the molecule is NC(=O)C1CC2(C=Cc3ccccc32)CCN1. The molecule has 3 N–H and O–H groups in total. The summed E-state index contributed by atoms with van der Waals surface area (Å²) in [5.41, 5.74) is 8.04.